The number of fused-ring (bicyclic) bond motifs is 2. The van der Waals surface area contributed by atoms with Crippen molar-refractivity contribution in [2.24, 2.45) is 0 Å². The highest BCUT2D eigenvalue weighted by Crippen LogP contribution is 2.39. The molecule has 3 rings (SSSR count). The number of benzene rings is 1. The molecule has 1 aliphatic carbocycles. The fourth-order valence-corrected chi connectivity index (χ4v) is 2.98. The van der Waals surface area contributed by atoms with Crippen LogP contribution < -0.4 is 0 Å². The van der Waals surface area contributed by atoms with Gasteiger partial charge in [0.25, 0.3) is 0 Å². The summed E-state index contributed by atoms with van der Waals surface area (Å²) in [6.45, 7) is 0. The first-order valence-corrected chi connectivity index (χ1v) is 6.05. The summed E-state index contributed by atoms with van der Waals surface area (Å²) >= 11 is 1.69. The minimum absolute atomic E-state index is 0.122. The zero-order valence-corrected chi connectivity index (χ0v) is 9.46. The maximum absolute atomic E-state index is 12.0. The minimum Gasteiger partial charge on any atom is -0.289 e. The van der Waals surface area contributed by atoms with Crippen LogP contribution in [0.4, 0.5) is 0 Å². The van der Waals surface area contributed by atoms with Gasteiger partial charge in [-0.3, -0.25) is 4.79 Å². The van der Waals surface area contributed by atoms with Crippen molar-refractivity contribution < 1.29 is 4.79 Å². The number of allylic oxidation sites excluding steroid dienone is 5. The summed E-state index contributed by atoms with van der Waals surface area (Å²) in [5.74, 6) is 0.122. The molecule has 0 amide bonds. The van der Waals surface area contributed by atoms with Crippen LogP contribution in [0.15, 0.2) is 63.9 Å². The van der Waals surface area contributed by atoms with Gasteiger partial charge < -0.3 is 0 Å². The van der Waals surface area contributed by atoms with Gasteiger partial charge in [0.15, 0.2) is 5.78 Å². The Morgan fingerprint density at radius 2 is 2.06 bits per heavy atom. The molecule has 78 valence electrons. The molecule has 0 bridgehead atoms. The van der Waals surface area contributed by atoms with Gasteiger partial charge in [-0.25, -0.2) is 0 Å². The normalized spacial score (nSPS) is 18.1. The van der Waals surface area contributed by atoms with E-state index in [0.717, 1.165) is 22.5 Å². The van der Waals surface area contributed by atoms with E-state index in [0.29, 0.717) is 0 Å². The van der Waals surface area contributed by atoms with Gasteiger partial charge in [-0.2, -0.15) is 0 Å². The summed E-state index contributed by atoms with van der Waals surface area (Å²) in [4.78, 5) is 14.3. The Balaban J connectivity index is 2.17. The second-order valence-corrected chi connectivity index (χ2v) is 4.88. The number of hydrogen-bond donors (Lipinski definition) is 0. The Labute approximate surface area is 98.6 Å². The van der Waals surface area contributed by atoms with Gasteiger partial charge in [-0.1, -0.05) is 36.0 Å². The third-order valence-corrected chi connectivity index (χ3v) is 3.91. The highest BCUT2D eigenvalue weighted by atomic mass is 32.2. The van der Waals surface area contributed by atoms with Crippen LogP contribution in [0, 0.1) is 0 Å². The molecule has 0 fully saturated rings. The van der Waals surface area contributed by atoms with E-state index in [1.165, 1.54) is 4.91 Å². The van der Waals surface area contributed by atoms with E-state index < -0.39 is 0 Å². The van der Waals surface area contributed by atoms with E-state index in [1.54, 1.807) is 17.8 Å². The number of carbonyl (C=O) groups is 1. The quantitative estimate of drug-likeness (QED) is 0.670. The predicted octanol–water partition coefficient (Wildman–Crippen LogP) is 3.75. The summed E-state index contributed by atoms with van der Waals surface area (Å²) in [7, 11) is 0. The third-order valence-electron chi connectivity index (χ3n) is 2.72. The van der Waals surface area contributed by atoms with Crippen LogP contribution in [0.3, 0.4) is 0 Å². The maximum Gasteiger partial charge on any atom is 0.187 e. The van der Waals surface area contributed by atoms with Crippen LogP contribution in [0.2, 0.25) is 0 Å². The average Bonchev–Trinajstić information content (AvgIpc) is 2.45. The molecular weight excluding hydrogens is 216 g/mol. The molecule has 0 saturated heterocycles. The van der Waals surface area contributed by atoms with E-state index in [9.17, 15) is 4.79 Å². The lowest BCUT2D eigenvalue weighted by Gasteiger charge is -2.10. The maximum atomic E-state index is 12.0. The molecular formula is C14H10OS. The summed E-state index contributed by atoms with van der Waals surface area (Å²) in [5, 5.41) is 0. The highest BCUT2D eigenvalue weighted by molar-refractivity contribution is 8.03. The lowest BCUT2D eigenvalue weighted by molar-refractivity contribution is 0.104. The molecule has 0 unspecified atom stereocenters. The highest BCUT2D eigenvalue weighted by Gasteiger charge is 2.19. The van der Waals surface area contributed by atoms with Crippen molar-refractivity contribution in [3.05, 3.63) is 64.6 Å². The summed E-state index contributed by atoms with van der Waals surface area (Å²) < 4.78 is 0. The Morgan fingerprint density at radius 1 is 1.19 bits per heavy atom. The summed E-state index contributed by atoms with van der Waals surface area (Å²) in [5.41, 5.74) is 1.95. The lowest BCUT2D eigenvalue weighted by Crippen LogP contribution is -1.95. The molecule has 2 heteroatoms. The first kappa shape index (κ1) is 9.67. The van der Waals surface area contributed by atoms with Crippen LogP contribution >= 0.6 is 11.8 Å². The average molecular weight is 226 g/mol. The van der Waals surface area contributed by atoms with Gasteiger partial charge in [0, 0.05) is 15.4 Å². The minimum atomic E-state index is 0.122. The van der Waals surface area contributed by atoms with Crippen LogP contribution in [-0.2, 0) is 0 Å². The van der Waals surface area contributed by atoms with Crippen molar-refractivity contribution in [2.75, 3.05) is 0 Å². The molecule has 1 aromatic carbocycles. The van der Waals surface area contributed by atoms with Crippen molar-refractivity contribution in [3.8, 4) is 0 Å². The lowest BCUT2D eigenvalue weighted by atomic mass is 10.0. The number of thioether (sulfide) groups is 1. The van der Waals surface area contributed by atoms with Gasteiger partial charge in [-0.05, 0) is 36.3 Å². The molecule has 0 aromatic heterocycles. The van der Waals surface area contributed by atoms with Crippen molar-refractivity contribution in [2.45, 2.75) is 11.3 Å². The van der Waals surface area contributed by atoms with Crippen LogP contribution in [0.1, 0.15) is 16.8 Å². The second-order valence-electron chi connectivity index (χ2n) is 3.80. The molecule has 1 aromatic rings. The molecule has 1 aliphatic heterocycles. The van der Waals surface area contributed by atoms with Gasteiger partial charge in [0.05, 0.1) is 0 Å². The standard InChI is InChI=1S/C14H10OS/c15-12-9-10-5-1-3-7-13(10)16-14-8-4-2-6-11(12)14/h1-4,6-9H,5H2. The van der Waals surface area contributed by atoms with E-state index in [-0.39, 0.29) is 5.78 Å². The molecule has 2 aliphatic rings. The molecule has 0 atom stereocenters. The van der Waals surface area contributed by atoms with Gasteiger partial charge in [0.1, 0.15) is 0 Å². The Bertz CT molecular complexity index is 550. The molecule has 1 nitrogen and oxygen atoms in total. The Hall–Kier alpha value is -1.54. The van der Waals surface area contributed by atoms with Crippen LogP contribution in [0.5, 0.6) is 0 Å². The predicted molar refractivity (Wildman–Crippen MR) is 66.6 cm³/mol. The number of hydrogen-bond acceptors (Lipinski definition) is 2. The molecule has 0 radical (unpaired) electrons. The number of carbonyl (C=O) groups excluding carboxylic acids is 1. The molecule has 1 heterocycles. The van der Waals surface area contributed by atoms with Gasteiger partial charge >= 0.3 is 0 Å². The van der Waals surface area contributed by atoms with Crippen molar-refractivity contribution in [3.63, 3.8) is 0 Å². The zero-order chi connectivity index (χ0) is 11.0. The van der Waals surface area contributed by atoms with E-state index >= 15 is 0 Å². The van der Waals surface area contributed by atoms with Crippen molar-refractivity contribution in [1.82, 2.24) is 0 Å². The second kappa shape index (κ2) is 3.80. The number of ketones is 1. The molecule has 0 N–H and O–H groups in total. The fourth-order valence-electron chi connectivity index (χ4n) is 1.90. The van der Waals surface area contributed by atoms with E-state index in [2.05, 4.69) is 18.2 Å². The summed E-state index contributed by atoms with van der Waals surface area (Å²) in [6, 6.07) is 7.79. The Morgan fingerprint density at radius 3 is 3.00 bits per heavy atom. The topological polar surface area (TPSA) is 17.1 Å². The van der Waals surface area contributed by atoms with E-state index in [1.807, 2.05) is 24.3 Å². The fraction of sp³-hybridized carbons (Fsp3) is 0.0714. The zero-order valence-electron chi connectivity index (χ0n) is 8.64. The third kappa shape index (κ3) is 1.55. The summed E-state index contributed by atoms with van der Waals surface area (Å²) in [6.07, 6.45) is 8.85. The molecule has 16 heavy (non-hydrogen) atoms. The van der Waals surface area contributed by atoms with E-state index in [4.69, 9.17) is 0 Å². The van der Waals surface area contributed by atoms with Crippen LogP contribution in [-0.4, -0.2) is 5.78 Å². The first-order chi connectivity index (χ1) is 7.84. The first-order valence-electron chi connectivity index (χ1n) is 5.23. The smallest absolute Gasteiger partial charge is 0.187 e. The molecule has 0 saturated carbocycles. The van der Waals surface area contributed by atoms with Crippen molar-refractivity contribution >= 4 is 17.5 Å². The van der Waals surface area contributed by atoms with Gasteiger partial charge in [0.2, 0.25) is 0 Å². The SMILES string of the molecule is O=C1C=C2CC=CC=C2Sc2ccccc21. The Kier molecular flexibility index (Phi) is 2.29. The molecule has 0 spiro atoms. The largest absolute Gasteiger partial charge is 0.289 e. The van der Waals surface area contributed by atoms with Crippen LogP contribution in [0.25, 0.3) is 0 Å². The van der Waals surface area contributed by atoms with Crippen molar-refractivity contribution in [1.29, 1.82) is 0 Å². The number of rotatable bonds is 0. The van der Waals surface area contributed by atoms with Gasteiger partial charge in [-0.15, -0.1) is 0 Å². The monoisotopic (exact) mass is 226 g/mol.